The maximum atomic E-state index is 5.40. The molecule has 0 aliphatic rings. The first-order valence-corrected chi connectivity index (χ1v) is 7.12. The molecule has 0 saturated carbocycles. The predicted octanol–water partition coefficient (Wildman–Crippen LogP) is 4.13. The molecule has 2 rings (SSSR count). The molecule has 0 radical (unpaired) electrons. The molecule has 1 aromatic carbocycles. The molecule has 102 valence electrons. The minimum atomic E-state index is 0.391. The molecule has 1 unspecified atom stereocenters. The maximum absolute atomic E-state index is 5.40. The molecule has 2 heteroatoms. The van der Waals surface area contributed by atoms with Crippen molar-refractivity contribution in [1.29, 1.82) is 0 Å². The lowest BCUT2D eigenvalue weighted by atomic mass is 9.98. The van der Waals surface area contributed by atoms with Gasteiger partial charge in [0.15, 0.2) is 0 Å². The first kappa shape index (κ1) is 13.9. The molecule has 0 spiro atoms. The van der Waals surface area contributed by atoms with Gasteiger partial charge in [-0.1, -0.05) is 37.6 Å². The number of rotatable bonds is 7. The van der Waals surface area contributed by atoms with Gasteiger partial charge in [0.1, 0.15) is 5.76 Å². The lowest BCUT2D eigenvalue weighted by Gasteiger charge is -2.17. The molecule has 2 nitrogen and oxygen atoms in total. The molecule has 1 aromatic heterocycles. The van der Waals surface area contributed by atoms with Crippen LogP contribution in [0.15, 0.2) is 47.1 Å². The first-order chi connectivity index (χ1) is 9.33. The summed E-state index contributed by atoms with van der Waals surface area (Å²) in [4.78, 5) is 0. The number of aryl methyl sites for hydroxylation is 2. The van der Waals surface area contributed by atoms with Crippen molar-refractivity contribution in [1.82, 2.24) is 5.32 Å². The molecule has 19 heavy (non-hydrogen) atoms. The average Bonchev–Trinajstić information content (AvgIpc) is 2.94. The monoisotopic (exact) mass is 257 g/mol. The normalized spacial score (nSPS) is 12.5. The fourth-order valence-corrected chi connectivity index (χ4v) is 2.47. The Balaban J connectivity index is 2.01. The first-order valence-electron chi connectivity index (χ1n) is 7.12. The van der Waals surface area contributed by atoms with Crippen molar-refractivity contribution in [3.05, 3.63) is 59.5 Å². The van der Waals surface area contributed by atoms with Gasteiger partial charge in [0, 0.05) is 12.5 Å². The topological polar surface area (TPSA) is 25.2 Å². The smallest absolute Gasteiger partial charge is 0.103 e. The summed E-state index contributed by atoms with van der Waals surface area (Å²) in [7, 11) is 2.03. The second-order valence-electron chi connectivity index (χ2n) is 4.95. The van der Waals surface area contributed by atoms with Gasteiger partial charge >= 0.3 is 0 Å². The summed E-state index contributed by atoms with van der Waals surface area (Å²) >= 11 is 0. The molecule has 0 aliphatic carbocycles. The van der Waals surface area contributed by atoms with Crippen LogP contribution in [0.3, 0.4) is 0 Å². The van der Waals surface area contributed by atoms with Crippen LogP contribution in [0, 0.1) is 0 Å². The van der Waals surface area contributed by atoms with Crippen LogP contribution in [0.4, 0.5) is 0 Å². The number of benzene rings is 1. The number of hydrogen-bond donors (Lipinski definition) is 1. The van der Waals surface area contributed by atoms with Crippen LogP contribution in [-0.4, -0.2) is 7.05 Å². The van der Waals surface area contributed by atoms with Crippen molar-refractivity contribution in [2.75, 3.05) is 7.05 Å². The van der Waals surface area contributed by atoms with E-state index >= 15 is 0 Å². The van der Waals surface area contributed by atoms with Crippen LogP contribution < -0.4 is 5.32 Å². The molecule has 0 amide bonds. The Hall–Kier alpha value is -1.54. The molecule has 2 aromatic rings. The highest BCUT2D eigenvalue weighted by molar-refractivity contribution is 5.26. The molecule has 0 saturated heterocycles. The van der Waals surface area contributed by atoms with Gasteiger partial charge in [-0.2, -0.15) is 0 Å². The molecule has 1 atom stereocenters. The van der Waals surface area contributed by atoms with Gasteiger partial charge in [0.25, 0.3) is 0 Å². The van der Waals surface area contributed by atoms with E-state index in [0.717, 1.165) is 25.0 Å². The SMILES string of the molecule is CCCc1cccc(C(CCc2ccco2)NC)c1. The van der Waals surface area contributed by atoms with Crippen LogP contribution in [0.2, 0.25) is 0 Å². The zero-order chi connectivity index (χ0) is 13.5. The third-order valence-electron chi connectivity index (χ3n) is 3.50. The standard InChI is InChI=1S/C17H23NO/c1-3-6-14-7-4-8-15(13-14)17(18-2)11-10-16-9-5-12-19-16/h4-5,7-9,12-13,17-18H,3,6,10-11H2,1-2H3. The van der Waals surface area contributed by atoms with Gasteiger partial charge in [-0.15, -0.1) is 0 Å². The summed E-state index contributed by atoms with van der Waals surface area (Å²) in [6.45, 7) is 2.22. The highest BCUT2D eigenvalue weighted by Crippen LogP contribution is 2.20. The summed E-state index contributed by atoms with van der Waals surface area (Å²) < 4.78 is 5.40. The molecule has 0 aliphatic heterocycles. The Morgan fingerprint density at radius 1 is 1.16 bits per heavy atom. The van der Waals surface area contributed by atoms with E-state index in [-0.39, 0.29) is 0 Å². The third kappa shape index (κ3) is 3.97. The number of nitrogens with one attached hydrogen (secondary N) is 1. The Labute approximate surface area is 115 Å². The second kappa shape index (κ2) is 7.15. The quantitative estimate of drug-likeness (QED) is 0.807. The minimum Gasteiger partial charge on any atom is -0.469 e. The Kier molecular flexibility index (Phi) is 5.22. The van der Waals surface area contributed by atoms with Crippen LogP contribution in [-0.2, 0) is 12.8 Å². The van der Waals surface area contributed by atoms with Crippen molar-refractivity contribution in [3.8, 4) is 0 Å². The zero-order valence-corrected chi connectivity index (χ0v) is 11.9. The molecule has 1 N–H and O–H groups in total. The number of hydrogen-bond acceptors (Lipinski definition) is 2. The van der Waals surface area contributed by atoms with Crippen molar-refractivity contribution < 1.29 is 4.42 Å². The van der Waals surface area contributed by atoms with E-state index in [9.17, 15) is 0 Å². The van der Waals surface area contributed by atoms with Gasteiger partial charge in [0.2, 0.25) is 0 Å². The molecular formula is C17H23NO. The van der Waals surface area contributed by atoms with Gasteiger partial charge < -0.3 is 9.73 Å². The van der Waals surface area contributed by atoms with Crippen molar-refractivity contribution in [2.45, 2.75) is 38.6 Å². The summed E-state index contributed by atoms with van der Waals surface area (Å²) in [5.41, 5.74) is 2.80. The second-order valence-corrected chi connectivity index (χ2v) is 4.95. The van der Waals surface area contributed by atoms with E-state index in [4.69, 9.17) is 4.42 Å². The highest BCUT2D eigenvalue weighted by atomic mass is 16.3. The maximum Gasteiger partial charge on any atom is 0.103 e. The van der Waals surface area contributed by atoms with Crippen LogP contribution >= 0.6 is 0 Å². The van der Waals surface area contributed by atoms with Crippen molar-refractivity contribution >= 4 is 0 Å². The Morgan fingerprint density at radius 3 is 2.74 bits per heavy atom. The highest BCUT2D eigenvalue weighted by Gasteiger charge is 2.10. The molecule has 1 heterocycles. The molecule has 0 bridgehead atoms. The molecular weight excluding hydrogens is 234 g/mol. The van der Waals surface area contributed by atoms with E-state index in [2.05, 4.69) is 36.5 Å². The summed E-state index contributed by atoms with van der Waals surface area (Å²) in [6, 6.07) is 13.3. The van der Waals surface area contributed by atoms with Crippen molar-refractivity contribution in [3.63, 3.8) is 0 Å². The van der Waals surface area contributed by atoms with Gasteiger partial charge in [-0.3, -0.25) is 0 Å². The Bertz CT molecular complexity index is 476. The zero-order valence-electron chi connectivity index (χ0n) is 11.9. The fourth-order valence-electron chi connectivity index (χ4n) is 2.47. The molecule has 0 fully saturated rings. The van der Waals surface area contributed by atoms with Gasteiger partial charge in [-0.05, 0) is 43.1 Å². The van der Waals surface area contributed by atoms with Crippen LogP contribution in [0.25, 0.3) is 0 Å². The Morgan fingerprint density at radius 2 is 2.05 bits per heavy atom. The van der Waals surface area contributed by atoms with Crippen molar-refractivity contribution in [2.24, 2.45) is 0 Å². The van der Waals surface area contributed by atoms with E-state index in [1.807, 2.05) is 19.2 Å². The van der Waals surface area contributed by atoms with E-state index in [1.165, 1.54) is 17.5 Å². The van der Waals surface area contributed by atoms with E-state index < -0.39 is 0 Å². The van der Waals surface area contributed by atoms with Gasteiger partial charge in [0.05, 0.1) is 6.26 Å². The van der Waals surface area contributed by atoms with E-state index in [0.29, 0.717) is 6.04 Å². The fraction of sp³-hybridized carbons (Fsp3) is 0.412. The average molecular weight is 257 g/mol. The largest absolute Gasteiger partial charge is 0.469 e. The predicted molar refractivity (Wildman–Crippen MR) is 79.3 cm³/mol. The lowest BCUT2D eigenvalue weighted by Crippen LogP contribution is -2.17. The summed E-state index contributed by atoms with van der Waals surface area (Å²) in [6.07, 6.45) is 6.12. The van der Waals surface area contributed by atoms with Crippen LogP contribution in [0.5, 0.6) is 0 Å². The summed E-state index contributed by atoms with van der Waals surface area (Å²) in [5.74, 6) is 1.06. The lowest BCUT2D eigenvalue weighted by molar-refractivity contribution is 0.469. The van der Waals surface area contributed by atoms with E-state index in [1.54, 1.807) is 6.26 Å². The minimum absolute atomic E-state index is 0.391. The van der Waals surface area contributed by atoms with Gasteiger partial charge in [-0.25, -0.2) is 0 Å². The van der Waals surface area contributed by atoms with Crippen LogP contribution in [0.1, 0.15) is 42.7 Å². The third-order valence-corrected chi connectivity index (χ3v) is 3.50. The number of furan rings is 1. The summed E-state index contributed by atoms with van der Waals surface area (Å²) in [5, 5.41) is 3.41.